The minimum Gasteiger partial charge on any atom is -0.382 e. The Morgan fingerprint density at radius 1 is 1.39 bits per heavy atom. The summed E-state index contributed by atoms with van der Waals surface area (Å²) >= 11 is 0. The molecule has 4 heteroatoms. The number of hydrogen-bond acceptors (Lipinski definition) is 3. The number of hydrogen-bond donors (Lipinski definition) is 2. The van der Waals surface area contributed by atoms with Crippen LogP contribution in [0.3, 0.4) is 0 Å². The molecule has 0 saturated carbocycles. The number of likely N-dealkylation sites (N-methyl/N-ethyl adjacent to an activating group) is 1. The number of nitrogens with one attached hydrogen (secondary N) is 1. The number of nitrogens with two attached hydrogens (primary N) is 1. The Hall–Kier alpha value is -1.81. The minimum atomic E-state index is 0.545. The third-order valence-electron chi connectivity index (χ3n) is 3.68. The van der Waals surface area contributed by atoms with Crippen molar-refractivity contribution in [3.8, 4) is 11.3 Å². The van der Waals surface area contributed by atoms with E-state index in [0.29, 0.717) is 11.7 Å². The number of aromatic nitrogens is 2. The number of H-pyrrole nitrogens is 1. The van der Waals surface area contributed by atoms with Crippen LogP contribution >= 0.6 is 0 Å². The number of rotatable bonds is 2. The molecule has 2 aromatic rings. The Labute approximate surface area is 107 Å². The Morgan fingerprint density at radius 3 is 2.89 bits per heavy atom. The number of benzene rings is 1. The van der Waals surface area contributed by atoms with Crippen LogP contribution in [0.15, 0.2) is 30.3 Å². The highest BCUT2D eigenvalue weighted by molar-refractivity contribution is 5.66. The molecule has 1 aliphatic heterocycles. The van der Waals surface area contributed by atoms with E-state index in [1.165, 1.54) is 24.1 Å². The molecule has 4 nitrogen and oxygen atoms in total. The van der Waals surface area contributed by atoms with Crippen molar-refractivity contribution in [1.29, 1.82) is 0 Å². The third-order valence-corrected chi connectivity index (χ3v) is 3.68. The van der Waals surface area contributed by atoms with Gasteiger partial charge in [-0.2, -0.15) is 5.10 Å². The first kappa shape index (κ1) is 11.3. The predicted octanol–water partition coefficient (Wildman–Crippen LogP) is 2.08. The first-order chi connectivity index (χ1) is 8.74. The molecule has 1 aromatic carbocycles. The Morgan fingerprint density at radius 2 is 2.22 bits per heavy atom. The summed E-state index contributed by atoms with van der Waals surface area (Å²) in [5, 5.41) is 7.03. The van der Waals surface area contributed by atoms with Crippen molar-refractivity contribution in [3.05, 3.63) is 35.9 Å². The Balaban J connectivity index is 2.00. The fourth-order valence-electron chi connectivity index (χ4n) is 2.76. The molecular formula is C14H18N4. The molecule has 3 N–H and O–H groups in total. The van der Waals surface area contributed by atoms with Crippen LogP contribution in [0.1, 0.15) is 17.9 Å². The number of anilines is 1. The lowest BCUT2D eigenvalue weighted by atomic mass is 9.92. The van der Waals surface area contributed by atoms with Crippen LogP contribution in [0.25, 0.3) is 11.3 Å². The van der Waals surface area contributed by atoms with E-state index in [9.17, 15) is 0 Å². The van der Waals surface area contributed by atoms with E-state index >= 15 is 0 Å². The van der Waals surface area contributed by atoms with Gasteiger partial charge in [-0.25, -0.2) is 0 Å². The molecule has 1 fully saturated rings. The molecule has 1 aromatic heterocycles. The number of likely N-dealkylation sites (tertiary alicyclic amines) is 1. The van der Waals surface area contributed by atoms with Crippen LogP contribution in [0.5, 0.6) is 0 Å². The standard InChI is InChI=1S/C14H18N4/c1-18-7-6-10(9-18)11-4-2-3-5-12(11)13-8-14(15)17-16-13/h2-5,8,10H,6-7,9H2,1H3,(H3,15,16,17). The molecule has 0 amide bonds. The van der Waals surface area contributed by atoms with Crippen molar-refractivity contribution in [1.82, 2.24) is 15.1 Å². The summed E-state index contributed by atoms with van der Waals surface area (Å²) in [5.41, 5.74) is 9.32. The molecule has 1 unspecified atom stereocenters. The maximum atomic E-state index is 5.69. The summed E-state index contributed by atoms with van der Waals surface area (Å²) in [7, 11) is 2.18. The van der Waals surface area contributed by atoms with Gasteiger partial charge < -0.3 is 10.6 Å². The largest absolute Gasteiger partial charge is 0.382 e. The maximum absolute atomic E-state index is 5.69. The molecule has 3 rings (SSSR count). The van der Waals surface area contributed by atoms with Crippen molar-refractivity contribution >= 4 is 5.82 Å². The van der Waals surface area contributed by atoms with Crippen LogP contribution in [0.4, 0.5) is 5.82 Å². The van der Waals surface area contributed by atoms with Crippen molar-refractivity contribution in [2.75, 3.05) is 25.9 Å². The van der Waals surface area contributed by atoms with Gasteiger partial charge in [-0.05, 0) is 31.5 Å². The van der Waals surface area contributed by atoms with E-state index in [4.69, 9.17) is 5.73 Å². The van der Waals surface area contributed by atoms with E-state index in [1.54, 1.807) is 0 Å². The van der Waals surface area contributed by atoms with Crippen molar-refractivity contribution in [2.24, 2.45) is 0 Å². The zero-order valence-electron chi connectivity index (χ0n) is 10.6. The summed E-state index contributed by atoms with van der Waals surface area (Å²) in [4.78, 5) is 2.38. The second-order valence-electron chi connectivity index (χ2n) is 5.04. The van der Waals surface area contributed by atoms with Gasteiger partial charge in [0.15, 0.2) is 0 Å². The lowest BCUT2D eigenvalue weighted by Gasteiger charge is -2.14. The van der Waals surface area contributed by atoms with E-state index in [-0.39, 0.29) is 0 Å². The summed E-state index contributed by atoms with van der Waals surface area (Å²) in [6, 6.07) is 10.4. The molecule has 2 heterocycles. The quantitative estimate of drug-likeness (QED) is 0.847. The smallest absolute Gasteiger partial charge is 0.145 e. The average Bonchev–Trinajstić information content (AvgIpc) is 2.98. The molecule has 1 saturated heterocycles. The molecule has 0 aliphatic carbocycles. The van der Waals surface area contributed by atoms with Crippen molar-refractivity contribution in [2.45, 2.75) is 12.3 Å². The number of nitrogen functional groups attached to an aromatic ring is 1. The molecule has 1 atom stereocenters. The molecule has 94 valence electrons. The first-order valence-electron chi connectivity index (χ1n) is 6.33. The molecule has 0 spiro atoms. The highest BCUT2D eigenvalue weighted by Crippen LogP contribution is 2.33. The normalized spacial score (nSPS) is 20.4. The average molecular weight is 242 g/mol. The highest BCUT2D eigenvalue weighted by Gasteiger charge is 2.23. The van der Waals surface area contributed by atoms with Gasteiger partial charge >= 0.3 is 0 Å². The topological polar surface area (TPSA) is 57.9 Å². The zero-order valence-corrected chi connectivity index (χ0v) is 10.6. The van der Waals surface area contributed by atoms with Gasteiger partial charge in [0.2, 0.25) is 0 Å². The van der Waals surface area contributed by atoms with Gasteiger partial charge in [0.25, 0.3) is 0 Å². The summed E-state index contributed by atoms with van der Waals surface area (Å²) < 4.78 is 0. The second kappa shape index (κ2) is 4.46. The first-order valence-corrected chi connectivity index (χ1v) is 6.33. The van der Waals surface area contributed by atoms with Gasteiger partial charge in [0.1, 0.15) is 5.82 Å². The fraction of sp³-hybridized carbons (Fsp3) is 0.357. The summed E-state index contributed by atoms with van der Waals surface area (Å²) in [5.74, 6) is 1.15. The summed E-state index contributed by atoms with van der Waals surface area (Å²) in [6.45, 7) is 2.30. The van der Waals surface area contributed by atoms with E-state index < -0.39 is 0 Å². The van der Waals surface area contributed by atoms with Crippen LogP contribution < -0.4 is 5.73 Å². The van der Waals surface area contributed by atoms with Crippen LogP contribution in [-0.2, 0) is 0 Å². The Bertz CT molecular complexity index is 546. The SMILES string of the molecule is CN1CCC(c2ccccc2-c2cc(N)n[nH]2)C1. The molecule has 18 heavy (non-hydrogen) atoms. The number of nitrogens with zero attached hydrogens (tertiary/aromatic N) is 2. The minimum absolute atomic E-state index is 0.545. The lowest BCUT2D eigenvalue weighted by Crippen LogP contribution is -2.13. The monoisotopic (exact) mass is 242 g/mol. The van der Waals surface area contributed by atoms with Crippen LogP contribution in [0.2, 0.25) is 0 Å². The van der Waals surface area contributed by atoms with Crippen LogP contribution in [-0.4, -0.2) is 35.2 Å². The van der Waals surface area contributed by atoms with Crippen molar-refractivity contribution < 1.29 is 0 Å². The third kappa shape index (κ3) is 1.99. The molecular weight excluding hydrogens is 224 g/mol. The van der Waals surface area contributed by atoms with Gasteiger partial charge in [-0.15, -0.1) is 0 Å². The van der Waals surface area contributed by atoms with Crippen LogP contribution in [0, 0.1) is 0 Å². The molecule has 0 bridgehead atoms. The predicted molar refractivity (Wildman–Crippen MR) is 73.3 cm³/mol. The Kier molecular flexibility index (Phi) is 2.80. The fourth-order valence-corrected chi connectivity index (χ4v) is 2.76. The number of aromatic amines is 1. The molecule has 0 radical (unpaired) electrons. The lowest BCUT2D eigenvalue weighted by molar-refractivity contribution is 0.411. The van der Waals surface area contributed by atoms with Gasteiger partial charge in [-0.1, -0.05) is 24.3 Å². The second-order valence-corrected chi connectivity index (χ2v) is 5.04. The van der Waals surface area contributed by atoms with Gasteiger partial charge in [0.05, 0.1) is 5.69 Å². The molecule has 1 aliphatic rings. The van der Waals surface area contributed by atoms with E-state index in [0.717, 1.165) is 12.2 Å². The van der Waals surface area contributed by atoms with Gasteiger partial charge in [0, 0.05) is 18.2 Å². The van der Waals surface area contributed by atoms with Gasteiger partial charge in [-0.3, -0.25) is 5.10 Å². The zero-order chi connectivity index (χ0) is 12.5. The highest BCUT2D eigenvalue weighted by atomic mass is 15.2. The summed E-state index contributed by atoms with van der Waals surface area (Å²) in [6.07, 6.45) is 1.22. The van der Waals surface area contributed by atoms with E-state index in [2.05, 4.69) is 46.4 Å². The maximum Gasteiger partial charge on any atom is 0.145 e. The van der Waals surface area contributed by atoms with Crippen molar-refractivity contribution in [3.63, 3.8) is 0 Å². The van der Waals surface area contributed by atoms with E-state index in [1.807, 2.05) is 6.07 Å².